The Kier molecular flexibility index (Phi) is 3.21. The van der Waals surface area contributed by atoms with Crippen LogP contribution in [-0.2, 0) is 6.42 Å². The van der Waals surface area contributed by atoms with Crippen LogP contribution < -0.4 is 0 Å². The van der Waals surface area contributed by atoms with Crippen molar-refractivity contribution in [3.05, 3.63) is 81.7 Å². The summed E-state index contributed by atoms with van der Waals surface area (Å²) in [6, 6.07) is 19.0. The molecule has 0 radical (unpaired) electrons. The molecule has 3 heteroatoms. The number of azide groups is 1. The highest BCUT2D eigenvalue weighted by molar-refractivity contribution is 5.40. The van der Waals surface area contributed by atoms with Gasteiger partial charge in [0.25, 0.3) is 0 Å². The molecule has 0 N–H and O–H groups in total. The second-order valence-electron chi connectivity index (χ2n) is 4.96. The smallest absolute Gasteiger partial charge is 0.0423 e. The molecule has 1 aliphatic rings. The number of hydrogen-bond donors (Lipinski definition) is 0. The molecule has 0 amide bonds. The molecule has 2 aromatic carbocycles. The van der Waals surface area contributed by atoms with Crippen molar-refractivity contribution >= 4 is 0 Å². The topological polar surface area (TPSA) is 48.8 Å². The minimum absolute atomic E-state index is 0.0603. The molecule has 0 aromatic heterocycles. The van der Waals surface area contributed by atoms with Gasteiger partial charge in [0.05, 0.1) is 0 Å². The fourth-order valence-electron chi connectivity index (χ4n) is 2.96. The molecule has 3 rings (SSSR count). The van der Waals surface area contributed by atoms with E-state index >= 15 is 0 Å². The molecule has 2 aromatic rings. The maximum absolute atomic E-state index is 8.68. The van der Waals surface area contributed by atoms with E-state index in [9.17, 15) is 0 Å². The SMILES string of the molecule is [N-]=[N+]=N[C@@H]1Cc2ccccc2[C@@H](c2ccccc2)C1. The quantitative estimate of drug-likeness (QED) is 0.429. The molecule has 0 saturated carbocycles. The predicted molar refractivity (Wildman–Crippen MR) is 76.0 cm³/mol. The Balaban J connectivity index is 2.05. The summed E-state index contributed by atoms with van der Waals surface area (Å²) in [4.78, 5) is 2.99. The van der Waals surface area contributed by atoms with Gasteiger partial charge in [-0.05, 0) is 35.1 Å². The lowest BCUT2D eigenvalue weighted by Gasteiger charge is -2.29. The summed E-state index contributed by atoms with van der Waals surface area (Å²) in [7, 11) is 0. The summed E-state index contributed by atoms with van der Waals surface area (Å²) < 4.78 is 0. The second-order valence-corrected chi connectivity index (χ2v) is 4.96. The van der Waals surface area contributed by atoms with Crippen LogP contribution >= 0.6 is 0 Å². The number of nitrogens with zero attached hydrogens (tertiary/aromatic N) is 3. The van der Waals surface area contributed by atoms with Gasteiger partial charge >= 0.3 is 0 Å². The number of rotatable bonds is 2. The van der Waals surface area contributed by atoms with E-state index in [0.29, 0.717) is 5.92 Å². The summed E-state index contributed by atoms with van der Waals surface area (Å²) in [6.07, 6.45) is 1.74. The molecule has 0 spiro atoms. The predicted octanol–water partition coefficient (Wildman–Crippen LogP) is 4.44. The van der Waals surface area contributed by atoms with Crippen molar-refractivity contribution in [3.8, 4) is 0 Å². The molecule has 94 valence electrons. The van der Waals surface area contributed by atoms with Gasteiger partial charge in [0, 0.05) is 16.9 Å². The molecular formula is C16H15N3. The summed E-state index contributed by atoms with van der Waals surface area (Å²) in [5.41, 5.74) is 12.7. The first kappa shape index (κ1) is 11.8. The Morgan fingerprint density at radius 2 is 1.74 bits per heavy atom. The van der Waals surface area contributed by atoms with Gasteiger partial charge < -0.3 is 0 Å². The van der Waals surface area contributed by atoms with Gasteiger partial charge in [-0.15, -0.1) is 0 Å². The zero-order chi connectivity index (χ0) is 13.1. The molecule has 1 aliphatic carbocycles. The van der Waals surface area contributed by atoms with E-state index in [4.69, 9.17) is 5.53 Å². The van der Waals surface area contributed by atoms with Crippen LogP contribution in [0.4, 0.5) is 0 Å². The first-order valence-electron chi connectivity index (χ1n) is 6.55. The van der Waals surface area contributed by atoms with Crippen LogP contribution in [0.2, 0.25) is 0 Å². The average molecular weight is 249 g/mol. The Labute approximate surface area is 112 Å². The van der Waals surface area contributed by atoms with Crippen molar-refractivity contribution < 1.29 is 0 Å². The first-order valence-corrected chi connectivity index (χ1v) is 6.55. The van der Waals surface area contributed by atoms with Crippen LogP contribution in [0, 0.1) is 0 Å². The van der Waals surface area contributed by atoms with Gasteiger partial charge in [-0.25, -0.2) is 0 Å². The van der Waals surface area contributed by atoms with Crippen LogP contribution in [0.15, 0.2) is 59.7 Å². The normalized spacial score (nSPS) is 21.3. The lowest BCUT2D eigenvalue weighted by molar-refractivity contribution is 0.529. The summed E-state index contributed by atoms with van der Waals surface area (Å²) >= 11 is 0. The molecule has 0 aliphatic heterocycles. The van der Waals surface area contributed by atoms with E-state index in [2.05, 4.69) is 58.6 Å². The van der Waals surface area contributed by atoms with Crippen molar-refractivity contribution in [3.63, 3.8) is 0 Å². The van der Waals surface area contributed by atoms with Crippen LogP contribution in [0.1, 0.15) is 29.0 Å². The van der Waals surface area contributed by atoms with E-state index in [-0.39, 0.29) is 6.04 Å². The average Bonchev–Trinajstić information content (AvgIpc) is 2.48. The van der Waals surface area contributed by atoms with Gasteiger partial charge in [0.1, 0.15) is 0 Å². The largest absolute Gasteiger partial charge is 0.0902 e. The van der Waals surface area contributed by atoms with Gasteiger partial charge in [-0.3, -0.25) is 0 Å². The van der Waals surface area contributed by atoms with Crippen LogP contribution in [0.3, 0.4) is 0 Å². The third kappa shape index (κ3) is 2.33. The highest BCUT2D eigenvalue weighted by Gasteiger charge is 2.26. The van der Waals surface area contributed by atoms with E-state index in [1.807, 2.05) is 6.07 Å². The van der Waals surface area contributed by atoms with Gasteiger partial charge in [-0.2, -0.15) is 0 Å². The highest BCUT2D eigenvalue weighted by Crippen LogP contribution is 2.37. The van der Waals surface area contributed by atoms with Gasteiger partial charge in [0.15, 0.2) is 0 Å². The van der Waals surface area contributed by atoms with Crippen molar-refractivity contribution in [1.29, 1.82) is 0 Å². The minimum atomic E-state index is 0.0603. The number of fused-ring (bicyclic) bond motifs is 1. The van der Waals surface area contributed by atoms with Crippen LogP contribution in [0.5, 0.6) is 0 Å². The van der Waals surface area contributed by atoms with Crippen molar-refractivity contribution in [2.75, 3.05) is 0 Å². The van der Waals surface area contributed by atoms with E-state index < -0.39 is 0 Å². The Morgan fingerprint density at radius 1 is 1.00 bits per heavy atom. The monoisotopic (exact) mass is 249 g/mol. The molecule has 0 heterocycles. The maximum Gasteiger partial charge on any atom is 0.0423 e. The van der Waals surface area contributed by atoms with Gasteiger partial charge in [-0.1, -0.05) is 59.7 Å². The minimum Gasteiger partial charge on any atom is -0.0902 e. The zero-order valence-corrected chi connectivity index (χ0v) is 10.6. The zero-order valence-electron chi connectivity index (χ0n) is 10.6. The highest BCUT2D eigenvalue weighted by atomic mass is 15.1. The van der Waals surface area contributed by atoms with E-state index in [1.165, 1.54) is 16.7 Å². The second kappa shape index (κ2) is 5.17. The maximum atomic E-state index is 8.68. The van der Waals surface area contributed by atoms with Crippen molar-refractivity contribution in [2.45, 2.75) is 24.8 Å². The third-order valence-corrected chi connectivity index (χ3v) is 3.81. The van der Waals surface area contributed by atoms with Gasteiger partial charge in [0.2, 0.25) is 0 Å². The van der Waals surface area contributed by atoms with Crippen molar-refractivity contribution in [2.24, 2.45) is 5.11 Å². The molecule has 0 bridgehead atoms. The summed E-state index contributed by atoms with van der Waals surface area (Å²) in [5.74, 6) is 0.335. The van der Waals surface area contributed by atoms with Crippen molar-refractivity contribution in [1.82, 2.24) is 0 Å². The number of hydrogen-bond acceptors (Lipinski definition) is 1. The molecule has 0 saturated heterocycles. The Bertz CT molecular complexity index is 615. The third-order valence-electron chi connectivity index (χ3n) is 3.81. The van der Waals surface area contributed by atoms with E-state index in [0.717, 1.165) is 12.8 Å². The molecular weight excluding hydrogens is 234 g/mol. The molecule has 0 fully saturated rings. The van der Waals surface area contributed by atoms with E-state index in [1.54, 1.807) is 0 Å². The first-order chi connectivity index (χ1) is 9.38. The summed E-state index contributed by atoms with van der Waals surface area (Å²) in [6.45, 7) is 0. The summed E-state index contributed by atoms with van der Waals surface area (Å²) in [5, 5.41) is 3.94. The molecule has 0 unspecified atom stereocenters. The van der Waals surface area contributed by atoms with Crippen LogP contribution in [0.25, 0.3) is 10.4 Å². The number of benzene rings is 2. The van der Waals surface area contributed by atoms with Crippen LogP contribution in [-0.4, -0.2) is 6.04 Å². The molecule has 3 nitrogen and oxygen atoms in total. The Hall–Kier alpha value is -2.25. The lowest BCUT2D eigenvalue weighted by Crippen LogP contribution is -2.21. The lowest BCUT2D eigenvalue weighted by atomic mass is 9.77. The fourth-order valence-corrected chi connectivity index (χ4v) is 2.96. The fraction of sp³-hybridized carbons (Fsp3) is 0.250. The molecule has 2 atom stereocenters. The standard InChI is InChI=1S/C16H15N3/c17-19-18-14-10-13-8-4-5-9-15(13)16(11-14)12-6-2-1-3-7-12/h1-9,14,16H,10-11H2/t14-,16-/m1/s1. The Morgan fingerprint density at radius 3 is 2.53 bits per heavy atom. The molecule has 19 heavy (non-hydrogen) atoms.